The molecule has 32 heavy (non-hydrogen) atoms. The van der Waals surface area contributed by atoms with Gasteiger partial charge >= 0.3 is 5.97 Å². The largest absolute Gasteiger partial charge is 0.491 e. The molecule has 1 amide bonds. The minimum Gasteiger partial charge on any atom is -0.491 e. The van der Waals surface area contributed by atoms with E-state index in [9.17, 15) is 9.59 Å². The van der Waals surface area contributed by atoms with Crippen LogP contribution in [0.1, 0.15) is 48.4 Å². The van der Waals surface area contributed by atoms with Crippen LogP contribution < -0.4 is 15.0 Å². The van der Waals surface area contributed by atoms with Crippen molar-refractivity contribution >= 4 is 23.3 Å². The van der Waals surface area contributed by atoms with Crippen LogP contribution in [0.3, 0.4) is 0 Å². The molecule has 0 aromatic heterocycles. The number of piperazine rings is 1. The van der Waals surface area contributed by atoms with E-state index >= 15 is 0 Å². The molecule has 0 unspecified atom stereocenters. The van der Waals surface area contributed by atoms with E-state index in [0.717, 1.165) is 38.4 Å². The smallest absolute Gasteiger partial charge is 0.338 e. The number of hydrogen-bond donors (Lipinski definition) is 1. The second kappa shape index (κ2) is 11.0. The maximum absolute atomic E-state index is 13.1. The molecule has 1 fully saturated rings. The molecule has 7 nitrogen and oxygen atoms in total. The first-order valence-corrected chi connectivity index (χ1v) is 11.3. The third-order valence-electron chi connectivity index (χ3n) is 5.38. The third-order valence-corrected chi connectivity index (χ3v) is 5.38. The number of nitrogens with one attached hydrogen (secondary N) is 1. The topological polar surface area (TPSA) is 71.1 Å². The van der Waals surface area contributed by atoms with Crippen molar-refractivity contribution in [3.8, 4) is 5.75 Å². The van der Waals surface area contributed by atoms with E-state index in [1.165, 1.54) is 0 Å². The summed E-state index contributed by atoms with van der Waals surface area (Å²) < 4.78 is 10.9. The second-order valence-electron chi connectivity index (χ2n) is 8.02. The van der Waals surface area contributed by atoms with Crippen molar-refractivity contribution < 1.29 is 19.1 Å². The molecule has 3 rings (SSSR count). The Morgan fingerprint density at radius 3 is 2.41 bits per heavy atom. The van der Waals surface area contributed by atoms with Crippen LogP contribution in [0.25, 0.3) is 0 Å². The Balaban J connectivity index is 1.87. The summed E-state index contributed by atoms with van der Waals surface area (Å²) in [5.41, 5.74) is 2.40. The molecular weight excluding hydrogens is 406 g/mol. The highest BCUT2D eigenvalue weighted by atomic mass is 16.5. The number of carbonyl (C=O) groups is 2. The first kappa shape index (κ1) is 23.6. The maximum atomic E-state index is 13.1. The molecule has 2 aromatic carbocycles. The molecule has 0 spiro atoms. The number of esters is 1. The van der Waals surface area contributed by atoms with Crippen molar-refractivity contribution in [2.45, 2.75) is 33.8 Å². The highest BCUT2D eigenvalue weighted by Crippen LogP contribution is 2.29. The third kappa shape index (κ3) is 6.01. The standard InChI is InChI=1S/C25H33N3O4/c1-5-27-12-14-28(15-13-27)23-11-10-20(25(30)31-6-2)17-22(23)26-24(29)19-8-7-9-21(16-19)32-18(3)4/h7-11,16-18H,5-6,12-15H2,1-4H3,(H,26,29). The number of benzene rings is 2. The maximum Gasteiger partial charge on any atom is 0.338 e. The average molecular weight is 440 g/mol. The number of carbonyl (C=O) groups excluding carboxylic acids is 2. The molecule has 1 saturated heterocycles. The molecule has 172 valence electrons. The Bertz CT molecular complexity index is 937. The van der Waals surface area contributed by atoms with Gasteiger partial charge < -0.3 is 24.6 Å². The minimum atomic E-state index is -0.405. The molecule has 7 heteroatoms. The number of rotatable bonds is 8. The second-order valence-corrected chi connectivity index (χ2v) is 8.02. The van der Waals surface area contributed by atoms with E-state index in [1.807, 2.05) is 26.0 Å². The highest BCUT2D eigenvalue weighted by molar-refractivity contribution is 6.07. The van der Waals surface area contributed by atoms with Gasteiger partial charge in [0, 0.05) is 31.7 Å². The number of anilines is 2. The molecule has 0 aliphatic carbocycles. The lowest BCUT2D eigenvalue weighted by Gasteiger charge is -2.36. The fourth-order valence-corrected chi connectivity index (χ4v) is 3.74. The number of hydrogen-bond acceptors (Lipinski definition) is 6. The van der Waals surface area contributed by atoms with Gasteiger partial charge in [0.25, 0.3) is 5.91 Å². The van der Waals surface area contributed by atoms with Crippen LogP contribution in [0.15, 0.2) is 42.5 Å². The van der Waals surface area contributed by atoms with Gasteiger partial charge in [-0.25, -0.2) is 4.79 Å². The Kier molecular flexibility index (Phi) is 8.11. The molecule has 1 heterocycles. The first-order valence-electron chi connectivity index (χ1n) is 11.3. The van der Waals surface area contributed by atoms with Crippen LogP contribution >= 0.6 is 0 Å². The summed E-state index contributed by atoms with van der Waals surface area (Å²) in [7, 11) is 0. The zero-order valence-corrected chi connectivity index (χ0v) is 19.4. The molecule has 2 aromatic rings. The van der Waals surface area contributed by atoms with E-state index < -0.39 is 5.97 Å². The summed E-state index contributed by atoms with van der Waals surface area (Å²) in [4.78, 5) is 30.0. The van der Waals surface area contributed by atoms with Crippen LogP contribution in [0.4, 0.5) is 11.4 Å². The molecule has 1 aliphatic rings. The van der Waals surface area contributed by atoms with Gasteiger partial charge in [-0.2, -0.15) is 0 Å². The van der Waals surface area contributed by atoms with E-state index in [4.69, 9.17) is 9.47 Å². The Morgan fingerprint density at radius 1 is 1.00 bits per heavy atom. The molecule has 1 N–H and O–H groups in total. The van der Waals surface area contributed by atoms with Crippen LogP contribution in [0.2, 0.25) is 0 Å². The van der Waals surface area contributed by atoms with E-state index in [-0.39, 0.29) is 12.0 Å². The molecule has 1 aliphatic heterocycles. The number of ether oxygens (including phenoxy) is 2. The first-order chi connectivity index (χ1) is 15.4. The van der Waals surface area contributed by atoms with Crippen molar-refractivity contribution in [1.82, 2.24) is 4.90 Å². The summed E-state index contributed by atoms with van der Waals surface area (Å²) in [5, 5.41) is 3.01. The average Bonchev–Trinajstić information content (AvgIpc) is 2.79. The number of nitrogens with zero attached hydrogens (tertiary/aromatic N) is 2. The fraction of sp³-hybridized carbons (Fsp3) is 0.440. The van der Waals surface area contributed by atoms with Gasteiger partial charge in [0.2, 0.25) is 0 Å². The minimum absolute atomic E-state index is 0.0166. The van der Waals surface area contributed by atoms with Crippen LogP contribution in [0, 0.1) is 0 Å². The van der Waals surface area contributed by atoms with Crippen molar-refractivity contribution in [2.75, 3.05) is 49.5 Å². The molecule has 0 radical (unpaired) electrons. The summed E-state index contributed by atoms with van der Waals surface area (Å²) >= 11 is 0. The summed E-state index contributed by atoms with van der Waals surface area (Å²) in [6, 6.07) is 12.4. The predicted molar refractivity (Wildman–Crippen MR) is 127 cm³/mol. The van der Waals surface area contributed by atoms with Crippen molar-refractivity contribution in [1.29, 1.82) is 0 Å². The van der Waals surface area contributed by atoms with Gasteiger partial charge in [-0.1, -0.05) is 13.0 Å². The van der Waals surface area contributed by atoms with Crippen molar-refractivity contribution in [2.24, 2.45) is 0 Å². The lowest BCUT2D eigenvalue weighted by molar-refractivity contribution is 0.0526. The van der Waals surface area contributed by atoms with Crippen molar-refractivity contribution in [3.63, 3.8) is 0 Å². The van der Waals surface area contributed by atoms with Crippen LogP contribution in [0.5, 0.6) is 5.75 Å². The Morgan fingerprint density at radius 2 is 1.75 bits per heavy atom. The van der Waals surface area contributed by atoms with Gasteiger partial charge in [-0.3, -0.25) is 4.79 Å². The SMILES string of the molecule is CCOC(=O)c1ccc(N2CCN(CC)CC2)c(NC(=O)c2cccc(OC(C)C)c2)c1. The van der Waals surface area contributed by atoms with E-state index in [2.05, 4.69) is 22.0 Å². The molecule has 0 bridgehead atoms. The lowest BCUT2D eigenvalue weighted by Crippen LogP contribution is -2.46. The summed E-state index contributed by atoms with van der Waals surface area (Å²) in [6.45, 7) is 12.8. The van der Waals surface area contributed by atoms with E-state index in [1.54, 1.807) is 37.3 Å². The number of likely N-dealkylation sites (N-methyl/N-ethyl adjacent to an activating group) is 1. The van der Waals surface area contributed by atoms with Gasteiger partial charge in [-0.05, 0) is 63.7 Å². The van der Waals surface area contributed by atoms with E-state index in [0.29, 0.717) is 29.2 Å². The number of amides is 1. The van der Waals surface area contributed by atoms with Gasteiger partial charge in [0.05, 0.1) is 29.6 Å². The zero-order valence-electron chi connectivity index (χ0n) is 19.4. The van der Waals surface area contributed by atoms with Crippen LogP contribution in [-0.2, 0) is 4.74 Å². The predicted octanol–water partition coefficient (Wildman–Crippen LogP) is 4.04. The normalized spacial score (nSPS) is 14.3. The quantitative estimate of drug-likeness (QED) is 0.626. The Labute approximate surface area is 190 Å². The lowest BCUT2D eigenvalue weighted by atomic mass is 10.1. The van der Waals surface area contributed by atoms with Gasteiger partial charge in [-0.15, -0.1) is 0 Å². The fourth-order valence-electron chi connectivity index (χ4n) is 3.74. The molecule has 0 atom stereocenters. The Hall–Kier alpha value is -3.06. The molecule has 0 saturated carbocycles. The monoisotopic (exact) mass is 439 g/mol. The van der Waals surface area contributed by atoms with Gasteiger partial charge in [0.1, 0.15) is 5.75 Å². The summed E-state index contributed by atoms with van der Waals surface area (Å²) in [6.07, 6.45) is 0.0166. The summed E-state index contributed by atoms with van der Waals surface area (Å²) in [5.74, 6) is -0.0184. The van der Waals surface area contributed by atoms with Crippen LogP contribution in [-0.4, -0.2) is 62.2 Å². The zero-order chi connectivity index (χ0) is 23.1. The highest BCUT2D eigenvalue weighted by Gasteiger charge is 2.21. The van der Waals surface area contributed by atoms with Gasteiger partial charge in [0.15, 0.2) is 0 Å². The molecular formula is C25H33N3O4. The van der Waals surface area contributed by atoms with Crippen molar-refractivity contribution in [3.05, 3.63) is 53.6 Å².